The lowest BCUT2D eigenvalue weighted by Gasteiger charge is -2.65. The number of rotatable bonds is 5. The Labute approximate surface area is 196 Å². The van der Waals surface area contributed by atoms with Crippen LogP contribution in [0.1, 0.15) is 106 Å². The Morgan fingerprint density at radius 2 is 1.62 bits per heavy atom. The van der Waals surface area contributed by atoms with Crippen LogP contribution in [-0.2, 0) is 0 Å². The zero-order chi connectivity index (χ0) is 23.7. The molecule has 0 amide bonds. The fraction of sp³-hybridized carbons (Fsp3) is 1.00. The van der Waals surface area contributed by atoms with E-state index in [4.69, 9.17) is 0 Å². The Morgan fingerprint density at radius 1 is 0.938 bits per heavy atom. The summed E-state index contributed by atoms with van der Waals surface area (Å²) in [6.07, 6.45) is 8.50. The molecule has 4 saturated carbocycles. The van der Waals surface area contributed by atoms with Gasteiger partial charge in [-0.25, -0.2) is 0 Å². The second-order valence-corrected chi connectivity index (χ2v) is 13.7. The van der Waals surface area contributed by atoms with Crippen molar-refractivity contribution in [2.45, 2.75) is 129 Å². The number of hydrogen-bond acceptors (Lipinski definition) is 4. The van der Waals surface area contributed by atoms with Crippen molar-refractivity contribution in [1.29, 1.82) is 0 Å². The van der Waals surface area contributed by atoms with Gasteiger partial charge in [0.05, 0.1) is 23.4 Å². The van der Waals surface area contributed by atoms with E-state index in [0.717, 1.165) is 25.7 Å². The van der Waals surface area contributed by atoms with E-state index < -0.39 is 23.4 Å². The lowest BCUT2D eigenvalue weighted by Crippen LogP contribution is -2.68. The number of fused-ring (bicyclic) bond motifs is 5. The molecule has 11 atom stereocenters. The van der Waals surface area contributed by atoms with E-state index in [9.17, 15) is 20.4 Å². The van der Waals surface area contributed by atoms with E-state index in [-0.39, 0.29) is 5.41 Å². The summed E-state index contributed by atoms with van der Waals surface area (Å²) in [5, 5.41) is 43.5. The topological polar surface area (TPSA) is 80.9 Å². The van der Waals surface area contributed by atoms with Gasteiger partial charge in [-0.05, 0) is 106 Å². The van der Waals surface area contributed by atoms with Crippen molar-refractivity contribution in [1.82, 2.24) is 0 Å². The third-order valence-corrected chi connectivity index (χ3v) is 11.9. The van der Waals surface area contributed by atoms with Crippen molar-refractivity contribution < 1.29 is 20.4 Å². The molecule has 4 rings (SSSR count). The van der Waals surface area contributed by atoms with Crippen molar-refractivity contribution in [2.24, 2.45) is 46.3 Å². The predicted molar refractivity (Wildman–Crippen MR) is 128 cm³/mol. The van der Waals surface area contributed by atoms with Crippen LogP contribution in [0.4, 0.5) is 0 Å². The maximum atomic E-state index is 11.6. The van der Waals surface area contributed by atoms with E-state index in [1.54, 1.807) is 0 Å². The van der Waals surface area contributed by atoms with Gasteiger partial charge >= 0.3 is 0 Å². The first kappa shape index (κ1) is 24.9. The Balaban J connectivity index is 1.51. The normalized spacial score (nSPS) is 50.8. The van der Waals surface area contributed by atoms with E-state index in [1.807, 2.05) is 13.8 Å². The molecule has 32 heavy (non-hydrogen) atoms. The molecule has 4 aliphatic rings. The van der Waals surface area contributed by atoms with Crippen molar-refractivity contribution >= 4 is 0 Å². The zero-order valence-electron chi connectivity index (χ0n) is 21.5. The van der Waals surface area contributed by atoms with Gasteiger partial charge in [-0.15, -0.1) is 0 Å². The smallest absolute Gasteiger partial charge is 0.0985 e. The van der Waals surface area contributed by atoms with Crippen LogP contribution in [0, 0.1) is 46.3 Å². The standard InChI is InChI=1S/C28H50O4/c1-17(7-8-18(2)25(3,4)31)21-9-10-22-20-15-24(30)28(32)16-19(29)11-14-27(28,6)23(20)12-13-26(21,22)5/h17-24,29-32H,7-16H2,1-6H3/t17-,18+,19?,20+,21-,22+,23+,24-,26-,27-,28+/m1/s1. The third-order valence-electron chi connectivity index (χ3n) is 11.9. The van der Waals surface area contributed by atoms with Gasteiger partial charge in [-0.2, -0.15) is 0 Å². The van der Waals surface area contributed by atoms with Crippen molar-refractivity contribution in [3.8, 4) is 0 Å². The molecule has 4 N–H and O–H groups in total. The molecule has 4 fully saturated rings. The average Bonchev–Trinajstić information content (AvgIpc) is 3.05. The Morgan fingerprint density at radius 3 is 2.28 bits per heavy atom. The summed E-state index contributed by atoms with van der Waals surface area (Å²) >= 11 is 0. The van der Waals surface area contributed by atoms with Gasteiger partial charge in [0.25, 0.3) is 0 Å². The first-order valence-electron chi connectivity index (χ1n) is 13.5. The van der Waals surface area contributed by atoms with Gasteiger partial charge in [0, 0.05) is 11.8 Å². The van der Waals surface area contributed by atoms with Crippen LogP contribution >= 0.6 is 0 Å². The highest BCUT2D eigenvalue weighted by Gasteiger charge is 2.67. The summed E-state index contributed by atoms with van der Waals surface area (Å²) in [5.41, 5.74) is -1.73. The molecule has 0 spiro atoms. The molecule has 0 aromatic heterocycles. The van der Waals surface area contributed by atoms with E-state index in [0.29, 0.717) is 53.8 Å². The van der Waals surface area contributed by atoms with Gasteiger partial charge < -0.3 is 20.4 Å². The van der Waals surface area contributed by atoms with E-state index in [2.05, 4.69) is 27.7 Å². The van der Waals surface area contributed by atoms with Crippen molar-refractivity contribution in [3.63, 3.8) is 0 Å². The van der Waals surface area contributed by atoms with Crippen LogP contribution in [0.15, 0.2) is 0 Å². The van der Waals surface area contributed by atoms with Crippen LogP contribution in [0.3, 0.4) is 0 Å². The summed E-state index contributed by atoms with van der Waals surface area (Å²) in [6.45, 7) is 13.2. The van der Waals surface area contributed by atoms with E-state index >= 15 is 0 Å². The molecular weight excluding hydrogens is 400 g/mol. The molecule has 0 radical (unpaired) electrons. The molecule has 1 unspecified atom stereocenters. The number of aliphatic hydroxyl groups excluding tert-OH is 2. The van der Waals surface area contributed by atoms with Gasteiger partial charge in [0.15, 0.2) is 0 Å². The largest absolute Gasteiger partial charge is 0.393 e. The van der Waals surface area contributed by atoms with E-state index in [1.165, 1.54) is 25.7 Å². The van der Waals surface area contributed by atoms with Crippen molar-refractivity contribution in [3.05, 3.63) is 0 Å². The monoisotopic (exact) mass is 450 g/mol. The minimum Gasteiger partial charge on any atom is -0.393 e. The molecule has 186 valence electrons. The minimum absolute atomic E-state index is 0.290. The summed E-state index contributed by atoms with van der Waals surface area (Å²) < 4.78 is 0. The molecule has 0 saturated heterocycles. The second-order valence-electron chi connectivity index (χ2n) is 13.7. The Kier molecular flexibility index (Phi) is 6.40. The fourth-order valence-electron chi connectivity index (χ4n) is 9.30. The molecular formula is C28H50O4. The molecule has 4 heteroatoms. The zero-order valence-corrected chi connectivity index (χ0v) is 21.5. The molecule has 0 aromatic carbocycles. The summed E-state index contributed by atoms with van der Waals surface area (Å²) in [4.78, 5) is 0. The van der Waals surface area contributed by atoms with Crippen molar-refractivity contribution in [2.75, 3.05) is 0 Å². The van der Waals surface area contributed by atoms with Gasteiger partial charge in [-0.1, -0.05) is 34.1 Å². The van der Waals surface area contributed by atoms with Gasteiger partial charge in [0.2, 0.25) is 0 Å². The van der Waals surface area contributed by atoms with Gasteiger partial charge in [-0.3, -0.25) is 0 Å². The number of hydrogen-bond donors (Lipinski definition) is 4. The predicted octanol–water partition coefficient (Wildman–Crippen LogP) is 4.92. The van der Waals surface area contributed by atoms with Gasteiger partial charge in [0.1, 0.15) is 0 Å². The summed E-state index contributed by atoms with van der Waals surface area (Å²) in [6, 6.07) is 0. The Bertz CT molecular complexity index is 687. The lowest BCUT2D eigenvalue weighted by molar-refractivity contribution is -0.264. The molecule has 0 heterocycles. The Hall–Kier alpha value is -0.160. The summed E-state index contributed by atoms with van der Waals surface area (Å²) in [5.74, 6) is 3.22. The number of aliphatic hydroxyl groups is 4. The quantitative estimate of drug-likeness (QED) is 0.479. The molecule has 4 nitrogen and oxygen atoms in total. The van der Waals surface area contributed by atoms with Crippen LogP contribution in [0.2, 0.25) is 0 Å². The second kappa shape index (κ2) is 8.21. The summed E-state index contributed by atoms with van der Waals surface area (Å²) in [7, 11) is 0. The maximum Gasteiger partial charge on any atom is 0.0985 e. The third kappa shape index (κ3) is 3.71. The first-order chi connectivity index (χ1) is 14.7. The lowest BCUT2D eigenvalue weighted by atomic mass is 9.42. The fourth-order valence-corrected chi connectivity index (χ4v) is 9.30. The highest BCUT2D eigenvalue weighted by Crippen LogP contribution is 2.69. The molecule has 0 aliphatic heterocycles. The van der Waals surface area contributed by atoms with Crippen LogP contribution < -0.4 is 0 Å². The molecule has 4 aliphatic carbocycles. The highest BCUT2D eigenvalue weighted by atomic mass is 16.3. The van der Waals surface area contributed by atoms with Crippen LogP contribution in [0.25, 0.3) is 0 Å². The first-order valence-corrected chi connectivity index (χ1v) is 13.5. The molecule has 0 aromatic rings. The average molecular weight is 451 g/mol. The van der Waals surface area contributed by atoms with Crippen LogP contribution in [-0.4, -0.2) is 43.8 Å². The maximum absolute atomic E-state index is 11.6. The minimum atomic E-state index is -1.14. The molecule has 0 bridgehead atoms. The van der Waals surface area contributed by atoms with Crippen LogP contribution in [0.5, 0.6) is 0 Å². The SMILES string of the molecule is C[C@H](CC[C@H](C)C(C)(C)O)[C@H]1CC[C@H]2[C@@H]3C[C@@H](O)[C@@]4(O)CC(O)CC[C@]4(C)[C@H]3CC[C@]12C. The highest BCUT2D eigenvalue weighted by molar-refractivity contribution is 5.17.